The van der Waals surface area contributed by atoms with Crippen LogP contribution in [0.3, 0.4) is 0 Å². The van der Waals surface area contributed by atoms with Crippen molar-refractivity contribution in [2.24, 2.45) is 0 Å². The molecule has 0 aliphatic carbocycles. The van der Waals surface area contributed by atoms with Crippen molar-refractivity contribution in [2.75, 3.05) is 18.1 Å². The second-order valence-electron chi connectivity index (χ2n) is 4.00. The number of nitrogens with two attached hydrogens (primary N) is 1. The third kappa shape index (κ3) is 2.15. The second kappa shape index (κ2) is 4.25. The van der Waals surface area contributed by atoms with E-state index in [1.807, 2.05) is 0 Å². The lowest BCUT2D eigenvalue weighted by molar-refractivity contribution is 0.483. The Hall–Kier alpha value is -2.06. The third-order valence-corrected chi connectivity index (χ3v) is 3.74. The van der Waals surface area contributed by atoms with Crippen molar-refractivity contribution in [2.45, 2.75) is 11.8 Å². The van der Waals surface area contributed by atoms with Crippen LogP contribution < -0.4 is 16.7 Å². The fourth-order valence-electron chi connectivity index (χ4n) is 1.90. The number of hydrogen-bond acceptors (Lipinski definition) is 6. The van der Waals surface area contributed by atoms with Gasteiger partial charge in [-0.3, -0.25) is 4.55 Å². The van der Waals surface area contributed by atoms with Crippen LogP contribution in [0.5, 0.6) is 0 Å². The molecule has 1 heterocycles. The minimum Gasteiger partial charge on any atom is -0.421 e. The highest BCUT2D eigenvalue weighted by molar-refractivity contribution is 7.86. The van der Waals surface area contributed by atoms with Gasteiger partial charge in [-0.25, -0.2) is 4.79 Å². The predicted molar refractivity (Wildman–Crippen MR) is 71.0 cm³/mol. The molecule has 0 fully saturated rings. The van der Waals surface area contributed by atoms with Crippen LogP contribution in [0.25, 0.3) is 11.0 Å². The molecule has 0 aliphatic heterocycles. The normalized spacial score (nSPS) is 11.7. The maximum absolute atomic E-state index is 11.6. The van der Waals surface area contributed by atoms with E-state index in [1.165, 1.54) is 12.1 Å². The van der Waals surface area contributed by atoms with Gasteiger partial charge in [0.2, 0.25) is 0 Å². The maximum atomic E-state index is 11.6. The molecular weight excluding hydrogens is 272 g/mol. The van der Waals surface area contributed by atoms with Gasteiger partial charge < -0.3 is 15.5 Å². The summed E-state index contributed by atoms with van der Waals surface area (Å²) >= 11 is 0. The van der Waals surface area contributed by atoms with Gasteiger partial charge in [0, 0.05) is 18.5 Å². The Balaban J connectivity index is 2.97. The van der Waals surface area contributed by atoms with E-state index in [1.54, 1.807) is 14.0 Å². The summed E-state index contributed by atoms with van der Waals surface area (Å²) in [5.74, 6) is 0. The van der Waals surface area contributed by atoms with Gasteiger partial charge >= 0.3 is 5.63 Å². The molecule has 0 spiro atoms. The number of hydrogen-bond donors (Lipinski definition) is 3. The van der Waals surface area contributed by atoms with E-state index in [0.717, 1.165) is 0 Å². The topological polar surface area (TPSA) is 123 Å². The van der Waals surface area contributed by atoms with Crippen molar-refractivity contribution in [1.29, 1.82) is 0 Å². The van der Waals surface area contributed by atoms with E-state index in [4.69, 9.17) is 14.7 Å². The summed E-state index contributed by atoms with van der Waals surface area (Å²) in [6, 6.07) is 2.38. The first-order chi connectivity index (χ1) is 8.75. The smallest absolute Gasteiger partial charge is 0.360 e. The number of nitrogen functional groups attached to an aromatic ring is 1. The second-order valence-corrected chi connectivity index (χ2v) is 5.39. The summed E-state index contributed by atoms with van der Waals surface area (Å²) in [6.07, 6.45) is 0. The van der Waals surface area contributed by atoms with Crippen LogP contribution in [-0.2, 0) is 10.1 Å². The Bertz CT molecular complexity index is 823. The van der Waals surface area contributed by atoms with Crippen molar-refractivity contribution in [3.63, 3.8) is 0 Å². The first kappa shape index (κ1) is 13.4. The van der Waals surface area contributed by atoms with E-state index in [-0.39, 0.29) is 17.0 Å². The van der Waals surface area contributed by atoms with Crippen LogP contribution in [0.4, 0.5) is 11.4 Å². The molecule has 2 rings (SSSR count). The van der Waals surface area contributed by atoms with Gasteiger partial charge in [-0.1, -0.05) is 0 Å². The molecule has 0 aliphatic rings. The SMILES string of the molecule is CNc1c(C)c2cc(S(=O)(=O)O)c(N)cc2oc1=O. The molecule has 8 heteroatoms. The van der Waals surface area contributed by atoms with Gasteiger partial charge in [-0.2, -0.15) is 8.42 Å². The highest BCUT2D eigenvalue weighted by Crippen LogP contribution is 2.29. The van der Waals surface area contributed by atoms with Crippen LogP contribution >= 0.6 is 0 Å². The van der Waals surface area contributed by atoms with E-state index < -0.39 is 20.6 Å². The quantitative estimate of drug-likeness (QED) is 0.426. The summed E-state index contributed by atoms with van der Waals surface area (Å²) < 4.78 is 36.5. The number of rotatable bonds is 2. The van der Waals surface area contributed by atoms with Crippen molar-refractivity contribution in [3.8, 4) is 0 Å². The molecule has 0 unspecified atom stereocenters. The number of fused-ring (bicyclic) bond motifs is 1. The number of aryl methyl sites for hydroxylation is 1. The van der Waals surface area contributed by atoms with E-state index in [0.29, 0.717) is 10.9 Å². The molecule has 0 radical (unpaired) electrons. The zero-order chi connectivity index (χ0) is 14.4. The zero-order valence-electron chi connectivity index (χ0n) is 10.2. The van der Waals surface area contributed by atoms with Crippen molar-refractivity contribution in [3.05, 3.63) is 28.1 Å². The van der Waals surface area contributed by atoms with Crippen molar-refractivity contribution < 1.29 is 17.4 Å². The van der Waals surface area contributed by atoms with Crippen molar-refractivity contribution in [1.82, 2.24) is 0 Å². The van der Waals surface area contributed by atoms with Gasteiger partial charge in [0.25, 0.3) is 10.1 Å². The third-order valence-electron chi connectivity index (χ3n) is 2.83. The molecular formula is C11H12N2O5S. The van der Waals surface area contributed by atoms with Gasteiger partial charge in [0.15, 0.2) is 0 Å². The lowest BCUT2D eigenvalue weighted by Crippen LogP contribution is -2.10. The largest absolute Gasteiger partial charge is 0.421 e. The zero-order valence-corrected chi connectivity index (χ0v) is 11.0. The summed E-state index contributed by atoms with van der Waals surface area (Å²) in [4.78, 5) is 11.2. The van der Waals surface area contributed by atoms with Crippen LogP contribution in [0.1, 0.15) is 5.56 Å². The van der Waals surface area contributed by atoms with Crippen LogP contribution in [0.15, 0.2) is 26.2 Å². The monoisotopic (exact) mass is 284 g/mol. The molecule has 0 saturated heterocycles. The molecule has 0 atom stereocenters. The fourth-order valence-corrected chi connectivity index (χ4v) is 2.53. The molecule has 0 bridgehead atoms. The highest BCUT2D eigenvalue weighted by atomic mass is 32.2. The first-order valence-corrected chi connectivity index (χ1v) is 6.72. The van der Waals surface area contributed by atoms with Crippen molar-refractivity contribution >= 4 is 32.5 Å². The molecule has 7 nitrogen and oxygen atoms in total. The average molecular weight is 284 g/mol. The maximum Gasteiger partial charge on any atom is 0.360 e. The summed E-state index contributed by atoms with van der Waals surface area (Å²) in [6.45, 7) is 1.63. The molecule has 102 valence electrons. The molecule has 1 aromatic heterocycles. The molecule has 0 saturated carbocycles. The molecule has 19 heavy (non-hydrogen) atoms. The first-order valence-electron chi connectivity index (χ1n) is 5.28. The van der Waals surface area contributed by atoms with E-state index in [9.17, 15) is 13.2 Å². The Morgan fingerprint density at radius 3 is 2.53 bits per heavy atom. The Labute approximate surface area is 108 Å². The van der Waals surface area contributed by atoms with E-state index >= 15 is 0 Å². The minimum absolute atomic E-state index is 0.159. The number of anilines is 2. The van der Waals surface area contributed by atoms with Gasteiger partial charge in [-0.15, -0.1) is 0 Å². The lowest BCUT2D eigenvalue weighted by atomic mass is 10.1. The summed E-state index contributed by atoms with van der Waals surface area (Å²) in [7, 11) is -2.89. The molecule has 1 aromatic carbocycles. The standard InChI is InChI=1S/C11H12N2O5S/c1-5-6-3-9(19(15,16)17)7(12)4-8(6)18-11(14)10(5)13-2/h3-4,13H,12H2,1-2H3,(H,15,16,17). The van der Waals surface area contributed by atoms with Gasteiger partial charge in [0.1, 0.15) is 16.2 Å². The summed E-state index contributed by atoms with van der Waals surface area (Å²) in [5, 5.41) is 3.06. The van der Waals surface area contributed by atoms with Crippen LogP contribution in [-0.4, -0.2) is 20.0 Å². The van der Waals surface area contributed by atoms with Crippen LogP contribution in [0.2, 0.25) is 0 Å². The van der Waals surface area contributed by atoms with Gasteiger partial charge in [0.05, 0.1) is 5.69 Å². The number of benzene rings is 1. The van der Waals surface area contributed by atoms with E-state index in [2.05, 4.69) is 5.32 Å². The Morgan fingerprint density at radius 1 is 1.37 bits per heavy atom. The lowest BCUT2D eigenvalue weighted by Gasteiger charge is -2.09. The Morgan fingerprint density at radius 2 is 2.00 bits per heavy atom. The number of nitrogens with one attached hydrogen (secondary N) is 1. The fraction of sp³-hybridized carbons (Fsp3) is 0.182. The molecule has 2 aromatic rings. The minimum atomic E-state index is -4.44. The van der Waals surface area contributed by atoms with Gasteiger partial charge in [-0.05, 0) is 18.6 Å². The molecule has 0 amide bonds. The predicted octanol–water partition coefficient (Wildman–Crippen LogP) is 0.972. The molecule has 4 N–H and O–H groups in total. The highest BCUT2D eigenvalue weighted by Gasteiger charge is 2.18. The average Bonchev–Trinajstić information content (AvgIpc) is 2.26. The Kier molecular flexibility index (Phi) is 2.99. The summed E-state index contributed by atoms with van der Waals surface area (Å²) in [5.41, 5.74) is 5.66. The van der Waals surface area contributed by atoms with Crippen LogP contribution in [0, 0.1) is 6.92 Å².